The molecule has 1 aliphatic rings. The Morgan fingerprint density at radius 3 is 3.00 bits per heavy atom. The van der Waals surface area contributed by atoms with Gasteiger partial charge in [-0.05, 0) is 12.1 Å². The average molecular weight is 209 g/mol. The van der Waals surface area contributed by atoms with Crippen LogP contribution in [0.25, 0.3) is 0 Å². The molecule has 1 saturated heterocycles. The van der Waals surface area contributed by atoms with Crippen molar-refractivity contribution >= 4 is 11.6 Å². The summed E-state index contributed by atoms with van der Waals surface area (Å²) in [4.78, 5) is 16.7. The smallest absolute Gasteiger partial charge is 0.267 e. The van der Waals surface area contributed by atoms with E-state index in [1.165, 1.54) is 6.20 Å². The van der Waals surface area contributed by atoms with Crippen LogP contribution < -0.4 is 10.6 Å². The zero-order valence-corrected chi connectivity index (χ0v) is 8.19. The first-order valence-electron chi connectivity index (χ1n) is 4.77. The van der Waals surface area contributed by atoms with E-state index in [1.807, 2.05) is 4.90 Å². The van der Waals surface area contributed by atoms with E-state index in [1.54, 1.807) is 12.1 Å². The Hall–Kier alpha value is -1.65. The summed E-state index contributed by atoms with van der Waals surface area (Å²) < 4.78 is 12.2. The summed E-state index contributed by atoms with van der Waals surface area (Å²) >= 11 is 0. The highest BCUT2D eigenvalue weighted by atomic mass is 19.1. The molecule has 0 spiro atoms. The number of anilines is 1. The van der Waals surface area contributed by atoms with Crippen molar-refractivity contribution in [2.75, 3.05) is 24.7 Å². The zero-order chi connectivity index (χ0) is 10.8. The van der Waals surface area contributed by atoms with Gasteiger partial charge in [0.15, 0.2) is 0 Å². The van der Waals surface area contributed by atoms with E-state index in [0.717, 1.165) is 5.69 Å². The summed E-state index contributed by atoms with van der Waals surface area (Å²) in [5.41, 5.74) is 6.24. The first-order chi connectivity index (χ1) is 7.20. The highest BCUT2D eigenvalue weighted by Gasteiger charge is 2.26. The van der Waals surface area contributed by atoms with E-state index in [0.29, 0.717) is 13.1 Å². The van der Waals surface area contributed by atoms with Gasteiger partial charge in [0.25, 0.3) is 5.91 Å². The molecular formula is C10H12FN3O. The molecule has 1 amide bonds. The monoisotopic (exact) mass is 209 g/mol. The van der Waals surface area contributed by atoms with Crippen molar-refractivity contribution in [3.63, 3.8) is 0 Å². The van der Waals surface area contributed by atoms with Gasteiger partial charge >= 0.3 is 0 Å². The molecule has 2 heterocycles. The highest BCUT2D eigenvalue weighted by Crippen LogP contribution is 2.24. The molecule has 0 unspecified atom stereocenters. The van der Waals surface area contributed by atoms with E-state index in [9.17, 15) is 9.18 Å². The molecule has 0 radical (unpaired) electrons. The molecular weight excluding hydrogens is 197 g/mol. The van der Waals surface area contributed by atoms with Crippen LogP contribution in [0.5, 0.6) is 0 Å². The van der Waals surface area contributed by atoms with Crippen molar-refractivity contribution in [3.8, 4) is 0 Å². The van der Waals surface area contributed by atoms with E-state index >= 15 is 0 Å². The highest BCUT2D eigenvalue weighted by molar-refractivity contribution is 5.91. The molecule has 1 fully saturated rings. The topological polar surface area (TPSA) is 59.2 Å². The molecule has 1 aliphatic heterocycles. The summed E-state index contributed by atoms with van der Waals surface area (Å²) in [6.07, 6.45) is 1.54. The summed E-state index contributed by atoms with van der Waals surface area (Å²) in [7, 11) is 0. The second-order valence-electron chi connectivity index (χ2n) is 3.69. The Labute approximate surface area is 86.9 Å². The first kappa shape index (κ1) is 9.89. The normalized spacial score (nSPS) is 16.2. The number of carbonyl (C=O) groups is 1. The molecule has 0 aliphatic carbocycles. The number of carbonyl (C=O) groups excluding carboxylic acids is 1. The van der Waals surface area contributed by atoms with E-state index in [4.69, 9.17) is 5.73 Å². The summed E-state index contributed by atoms with van der Waals surface area (Å²) in [6, 6.07) is 3.43. The molecule has 80 valence electrons. The van der Waals surface area contributed by atoms with Crippen LogP contribution in [0.15, 0.2) is 18.3 Å². The number of alkyl halides is 1. The number of amides is 1. The number of aromatic nitrogens is 1. The molecule has 1 aromatic heterocycles. The fourth-order valence-electron chi connectivity index (χ4n) is 1.63. The van der Waals surface area contributed by atoms with Crippen LogP contribution in [-0.2, 0) is 0 Å². The summed E-state index contributed by atoms with van der Waals surface area (Å²) in [5, 5.41) is 0. The van der Waals surface area contributed by atoms with Crippen molar-refractivity contribution in [1.82, 2.24) is 4.98 Å². The Bertz CT molecular complexity index is 377. The van der Waals surface area contributed by atoms with Crippen LogP contribution in [0.1, 0.15) is 10.5 Å². The largest absolute Gasteiger partial charge is 0.371 e. The molecule has 2 N–H and O–H groups in total. The third-order valence-electron chi connectivity index (χ3n) is 2.54. The van der Waals surface area contributed by atoms with Crippen LogP contribution in [-0.4, -0.2) is 30.7 Å². The minimum Gasteiger partial charge on any atom is -0.371 e. The average Bonchev–Trinajstić information content (AvgIpc) is 2.16. The van der Waals surface area contributed by atoms with Crippen LogP contribution in [0.4, 0.5) is 10.1 Å². The number of nitrogens with two attached hydrogens (primary N) is 1. The number of nitrogens with zero attached hydrogens (tertiary/aromatic N) is 2. The van der Waals surface area contributed by atoms with Gasteiger partial charge in [0.2, 0.25) is 0 Å². The fourth-order valence-corrected chi connectivity index (χ4v) is 1.63. The standard InChI is InChI=1S/C10H12FN3O/c11-4-7-5-14(6-7)8-1-2-13-9(3-8)10(12)15/h1-3,7H,4-6H2,(H2,12,15). The molecule has 1 aromatic rings. The number of hydrogen-bond acceptors (Lipinski definition) is 3. The number of pyridine rings is 1. The molecule has 0 bridgehead atoms. The van der Waals surface area contributed by atoms with Crippen molar-refractivity contribution in [2.24, 2.45) is 11.7 Å². The first-order valence-corrected chi connectivity index (χ1v) is 4.77. The van der Waals surface area contributed by atoms with Crippen molar-refractivity contribution in [2.45, 2.75) is 0 Å². The lowest BCUT2D eigenvalue weighted by molar-refractivity contribution is 0.0995. The lowest BCUT2D eigenvalue weighted by Crippen LogP contribution is -2.47. The minimum atomic E-state index is -0.542. The summed E-state index contributed by atoms with van der Waals surface area (Å²) in [5.74, 6) is -0.422. The zero-order valence-electron chi connectivity index (χ0n) is 8.19. The maximum atomic E-state index is 12.2. The van der Waals surface area contributed by atoms with Gasteiger partial charge in [-0.25, -0.2) is 0 Å². The van der Waals surface area contributed by atoms with Crippen LogP contribution >= 0.6 is 0 Å². The van der Waals surface area contributed by atoms with Gasteiger partial charge in [-0.3, -0.25) is 14.2 Å². The van der Waals surface area contributed by atoms with Gasteiger partial charge in [0.05, 0.1) is 6.67 Å². The SMILES string of the molecule is NC(=O)c1cc(N2CC(CF)C2)ccn1. The molecule has 4 nitrogen and oxygen atoms in total. The number of hydrogen-bond donors (Lipinski definition) is 1. The predicted molar refractivity (Wildman–Crippen MR) is 54.4 cm³/mol. The van der Waals surface area contributed by atoms with Crippen LogP contribution in [0, 0.1) is 5.92 Å². The Kier molecular flexibility index (Phi) is 2.53. The lowest BCUT2D eigenvalue weighted by Gasteiger charge is -2.39. The van der Waals surface area contributed by atoms with E-state index in [-0.39, 0.29) is 18.3 Å². The van der Waals surface area contributed by atoms with Gasteiger partial charge in [-0.1, -0.05) is 0 Å². The van der Waals surface area contributed by atoms with Crippen molar-refractivity contribution in [1.29, 1.82) is 0 Å². The number of rotatable bonds is 3. The van der Waals surface area contributed by atoms with Gasteiger partial charge in [-0.2, -0.15) is 0 Å². The number of halogens is 1. The maximum absolute atomic E-state index is 12.2. The third-order valence-corrected chi connectivity index (χ3v) is 2.54. The van der Waals surface area contributed by atoms with Crippen molar-refractivity contribution < 1.29 is 9.18 Å². The Balaban J connectivity index is 2.10. The Morgan fingerprint density at radius 1 is 1.67 bits per heavy atom. The van der Waals surface area contributed by atoms with Gasteiger partial charge in [0.1, 0.15) is 5.69 Å². The van der Waals surface area contributed by atoms with Crippen LogP contribution in [0.3, 0.4) is 0 Å². The molecule has 2 rings (SSSR count). The van der Waals surface area contributed by atoms with Crippen molar-refractivity contribution in [3.05, 3.63) is 24.0 Å². The Morgan fingerprint density at radius 2 is 2.40 bits per heavy atom. The molecule has 0 saturated carbocycles. The quantitative estimate of drug-likeness (QED) is 0.792. The van der Waals surface area contributed by atoms with Gasteiger partial charge in [-0.15, -0.1) is 0 Å². The molecule has 15 heavy (non-hydrogen) atoms. The second kappa shape index (κ2) is 3.84. The van der Waals surface area contributed by atoms with E-state index < -0.39 is 5.91 Å². The fraction of sp³-hybridized carbons (Fsp3) is 0.400. The van der Waals surface area contributed by atoms with Gasteiger partial charge in [0, 0.05) is 30.9 Å². The minimum absolute atomic E-state index is 0.121. The number of primary amides is 1. The molecule has 5 heteroatoms. The van der Waals surface area contributed by atoms with E-state index in [2.05, 4.69) is 4.98 Å². The predicted octanol–water partition coefficient (Wildman–Crippen LogP) is 0.586. The van der Waals surface area contributed by atoms with Gasteiger partial charge < -0.3 is 10.6 Å². The lowest BCUT2D eigenvalue weighted by atomic mass is 10.0. The maximum Gasteiger partial charge on any atom is 0.267 e. The third kappa shape index (κ3) is 1.91. The molecule has 0 atom stereocenters. The second-order valence-corrected chi connectivity index (χ2v) is 3.69. The van der Waals surface area contributed by atoms with Crippen LogP contribution in [0.2, 0.25) is 0 Å². The molecule has 0 aromatic carbocycles. The summed E-state index contributed by atoms with van der Waals surface area (Å²) in [6.45, 7) is 1.10.